The highest BCUT2D eigenvalue weighted by molar-refractivity contribution is 5.55. The lowest BCUT2D eigenvalue weighted by Crippen LogP contribution is -1.94. The van der Waals surface area contributed by atoms with Gasteiger partial charge in [0.2, 0.25) is 0 Å². The van der Waals surface area contributed by atoms with Gasteiger partial charge in [-0.2, -0.15) is 0 Å². The molecule has 0 atom stereocenters. The Balaban J connectivity index is 1.49. The van der Waals surface area contributed by atoms with E-state index < -0.39 is 0 Å². The molecule has 0 radical (unpaired) electrons. The second kappa shape index (κ2) is 23.2. The molecule has 214 valence electrons. The third-order valence-electron chi connectivity index (χ3n) is 8.06. The summed E-state index contributed by atoms with van der Waals surface area (Å²) in [6.45, 7) is 4.58. The number of aromatic nitrogens is 2. The molecule has 0 N–H and O–H groups in total. The predicted molar refractivity (Wildman–Crippen MR) is 168 cm³/mol. The summed E-state index contributed by atoms with van der Waals surface area (Å²) in [4.78, 5) is 9.33. The second-order valence-electron chi connectivity index (χ2n) is 11.7. The van der Waals surface area contributed by atoms with Gasteiger partial charge in [0.1, 0.15) is 0 Å². The summed E-state index contributed by atoms with van der Waals surface area (Å²) in [7, 11) is 0. The first-order valence-electron chi connectivity index (χ1n) is 16.7. The Bertz CT molecular complexity index is 765. The van der Waals surface area contributed by atoms with Crippen molar-refractivity contribution in [3.63, 3.8) is 0 Å². The summed E-state index contributed by atoms with van der Waals surface area (Å²) in [5, 5.41) is 0. The van der Waals surface area contributed by atoms with E-state index in [4.69, 9.17) is 0 Å². The molecule has 0 unspecified atom stereocenters. The molecule has 0 spiro atoms. The van der Waals surface area contributed by atoms with Gasteiger partial charge in [0.05, 0.1) is 0 Å². The summed E-state index contributed by atoms with van der Waals surface area (Å²) in [6.07, 6.45) is 37.1. The number of rotatable bonds is 25. The van der Waals surface area contributed by atoms with Crippen molar-refractivity contribution in [2.75, 3.05) is 0 Å². The number of aryl methyl sites for hydroxylation is 2. The van der Waals surface area contributed by atoms with E-state index >= 15 is 0 Å². The Labute approximate surface area is 236 Å². The molecular formula is C36H60N2. The van der Waals surface area contributed by atoms with Crippen LogP contribution in [0.3, 0.4) is 0 Å². The van der Waals surface area contributed by atoms with E-state index in [2.05, 4.69) is 48.1 Å². The lowest BCUT2D eigenvalue weighted by molar-refractivity contribution is 0.539. The molecule has 1 aromatic carbocycles. The molecule has 0 saturated carbocycles. The van der Waals surface area contributed by atoms with Crippen LogP contribution in [0.4, 0.5) is 0 Å². The third-order valence-corrected chi connectivity index (χ3v) is 8.06. The topological polar surface area (TPSA) is 25.8 Å². The monoisotopic (exact) mass is 520 g/mol. The molecule has 2 heteroatoms. The van der Waals surface area contributed by atoms with Crippen molar-refractivity contribution < 1.29 is 0 Å². The van der Waals surface area contributed by atoms with Crippen LogP contribution in [-0.4, -0.2) is 9.97 Å². The minimum Gasteiger partial charge on any atom is -0.236 e. The minimum atomic E-state index is 0.855. The van der Waals surface area contributed by atoms with Crippen molar-refractivity contribution in [3.05, 3.63) is 47.8 Å². The first-order chi connectivity index (χ1) is 18.8. The zero-order valence-electron chi connectivity index (χ0n) is 25.3. The molecule has 2 nitrogen and oxygen atoms in total. The zero-order chi connectivity index (χ0) is 26.9. The average Bonchev–Trinajstić information content (AvgIpc) is 2.95. The molecule has 0 aliphatic carbocycles. The summed E-state index contributed by atoms with van der Waals surface area (Å²) >= 11 is 0. The average molecular weight is 521 g/mol. The van der Waals surface area contributed by atoms with Gasteiger partial charge in [-0.15, -0.1) is 0 Å². The van der Waals surface area contributed by atoms with Gasteiger partial charge in [0.25, 0.3) is 0 Å². The van der Waals surface area contributed by atoms with Crippen LogP contribution in [0, 0.1) is 0 Å². The van der Waals surface area contributed by atoms with Crippen molar-refractivity contribution in [1.29, 1.82) is 0 Å². The van der Waals surface area contributed by atoms with E-state index in [1.807, 2.05) is 12.4 Å². The Morgan fingerprint density at radius 3 is 1.13 bits per heavy atom. The number of hydrogen-bond acceptors (Lipinski definition) is 2. The quantitative estimate of drug-likeness (QED) is 0.122. The molecule has 2 aromatic rings. The number of unbranched alkanes of at least 4 members (excludes halogenated alkanes) is 20. The van der Waals surface area contributed by atoms with Gasteiger partial charge in [-0.05, 0) is 36.8 Å². The fraction of sp³-hybridized carbons (Fsp3) is 0.722. The standard InChI is InChI=1S/C36H60N2/c1-3-5-7-9-11-13-14-15-16-18-19-21-23-25-33-27-29-35(30-28-33)36-37-31-34(32-38-36)26-24-22-20-17-12-10-8-6-4-2/h27-32H,3-26H2,1-2H3. The van der Waals surface area contributed by atoms with Gasteiger partial charge in [0, 0.05) is 18.0 Å². The Hall–Kier alpha value is -1.70. The second-order valence-corrected chi connectivity index (χ2v) is 11.7. The highest BCUT2D eigenvalue weighted by atomic mass is 14.9. The van der Waals surface area contributed by atoms with Crippen LogP contribution in [0.1, 0.15) is 166 Å². The van der Waals surface area contributed by atoms with Gasteiger partial charge < -0.3 is 0 Å². The minimum absolute atomic E-state index is 0.855. The Morgan fingerprint density at radius 1 is 0.395 bits per heavy atom. The molecule has 2 rings (SSSR count). The van der Waals surface area contributed by atoms with Crippen LogP contribution >= 0.6 is 0 Å². The van der Waals surface area contributed by atoms with Crippen LogP contribution in [0.5, 0.6) is 0 Å². The van der Waals surface area contributed by atoms with Crippen molar-refractivity contribution in [1.82, 2.24) is 9.97 Å². The van der Waals surface area contributed by atoms with E-state index in [0.29, 0.717) is 0 Å². The molecular weight excluding hydrogens is 460 g/mol. The first-order valence-corrected chi connectivity index (χ1v) is 16.7. The molecule has 1 heterocycles. The number of hydrogen-bond donors (Lipinski definition) is 0. The smallest absolute Gasteiger partial charge is 0.159 e. The molecule has 38 heavy (non-hydrogen) atoms. The molecule has 0 saturated heterocycles. The lowest BCUT2D eigenvalue weighted by Gasteiger charge is -2.06. The maximum absolute atomic E-state index is 4.66. The third kappa shape index (κ3) is 16.3. The van der Waals surface area contributed by atoms with Gasteiger partial charge in [-0.1, -0.05) is 167 Å². The van der Waals surface area contributed by atoms with E-state index in [1.165, 1.54) is 159 Å². The molecule has 0 amide bonds. The van der Waals surface area contributed by atoms with Gasteiger partial charge >= 0.3 is 0 Å². The molecule has 0 aliphatic rings. The SMILES string of the molecule is CCCCCCCCCCCCCCCc1ccc(-c2ncc(CCCCCCCCCCC)cn2)cc1. The van der Waals surface area contributed by atoms with Crippen molar-refractivity contribution in [2.45, 2.75) is 168 Å². The summed E-state index contributed by atoms with van der Waals surface area (Å²) in [6, 6.07) is 8.95. The number of nitrogens with zero attached hydrogens (tertiary/aromatic N) is 2. The van der Waals surface area contributed by atoms with Gasteiger partial charge in [0.15, 0.2) is 5.82 Å². The summed E-state index contributed by atoms with van der Waals surface area (Å²) < 4.78 is 0. The van der Waals surface area contributed by atoms with Crippen LogP contribution in [0.25, 0.3) is 11.4 Å². The van der Waals surface area contributed by atoms with E-state index in [0.717, 1.165) is 17.8 Å². The summed E-state index contributed by atoms with van der Waals surface area (Å²) in [5.74, 6) is 0.855. The fourth-order valence-electron chi connectivity index (χ4n) is 5.44. The summed E-state index contributed by atoms with van der Waals surface area (Å²) in [5.41, 5.74) is 3.85. The van der Waals surface area contributed by atoms with E-state index in [1.54, 1.807) is 0 Å². The lowest BCUT2D eigenvalue weighted by atomic mass is 10.0. The van der Waals surface area contributed by atoms with Crippen LogP contribution in [0.2, 0.25) is 0 Å². The van der Waals surface area contributed by atoms with E-state index in [9.17, 15) is 0 Å². The van der Waals surface area contributed by atoms with Gasteiger partial charge in [-0.3, -0.25) is 0 Å². The fourth-order valence-corrected chi connectivity index (χ4v) is 5.44. The zero-order valence-corrected chi connectivity index (χ0v) is 25.3. The van der Waals surface area contributed by atoms with Crippen molar-refractivity contribution >= 4 is 0 Å². The van der Waals surface area contributed by atoms with Crippen LogP contribution in [-0.2, 0) is 12.8 Å². The largest absolute Gasteiger partial charge is 0.236 e. The maximum Gasteiger partial charge on any atom is 0.159 e. The Morgan fingerprint density at radius 2 is 0.737 bits per heavy atom. The van der Waals surface area contributed by atoms with Gasteiger partial charge in [-0.25, -0.2) is 9.97 Å². The van der Waals surface area contributed by atoms with Crippen LogP contribution < -0.4 is 0 Å². The molecule has 1 aromatic heterocycles. The number of benzene rings is 1. The molecule has 0 aliphatic heterocycles. The predicted octanol–water partition coefficient (Wildman–Crippen LogP) is 11.9. The maximum atomic E-state index is 4.66. The van der Waals surface area contributed by atoms with Crippen molar-refractivity contribution in [3.8, 4) is 11.4 Å². The van der Waals surface area contributed by atoms with Crippen LogP contribution in [0.15, 0.2) is 36.7 Å². The van der Waals surface area contributed by atoms with E-state index in [-0.39, 0.29) is 0 Å². The molecule has 0 bridgehead atoms. The Kier molecular flexibility index (Phi) is 19.9. The molecule has 0 fully saturated rings. The highest BCUT2D eigenvalue weighted by Crippen LogP contribution is 2.19. The highest BCUT2D eigenvalue weighted by Gasteiger charge is 2.03. The van der Waals surface area contributed by atoms with Crippen molar-refractivity contribution in [2.24, 2.45) is 0 Å². The first kappa shape index (κ1) is 32.5. The normalized spacial score (nSPS) is 11.3.